The molecule has 3 rings (SSSR count). The number of carbonyl (C=O) groups is 1. The van der Waals surface area contributed by atoms with Crippen LogP contribution in [0.1, 0.15) is 16.4 Å². The van der Waals surface area contributed by atoms with E-state index in [1.54, 1.807) is 0 Å². The molecule has 1 N–H and O–H groups in total. The van der Waals surface area contributed by atoms with Gasteiger partial charge in [0.25, 0.3) is 0 Å². The van der Waals surface area contributed by atoms with Crippen LogP contribution in [0.5, 0.6) is 0 Å². The van der Waals surface area contributed by atoms with Crippen molar-refractivity contribution in [1.82, 2.24) is 5.32 Å². The van der Waals surface area contributed by atoms with Crippen molar-refractivity contribution in [3.05, 3.63) is 65.7 Å². The predicted molar refractivity (Wildman–Crippen MR) is 83.2 cm³/mol. The highest BCUT2D eigenvalue weighted by atomic mass is 32.2. The van der Waals surface area contributed by atoms with E-state index in [1.807, 2.05) is 61.5 Å². The van der Waals surface area contributed by atoms with E-state index in [9.17, 15) is 4.79 Å². The Morgan fingerprint density at radius 1 is 1.05 bits per heavy atom. The Balaban J connectivity index is 1.86. The summed E-state index contributed by atoms with van der Waals surface area (Å²) in [5, 5.41) is 3.31. The monoisotopic (exact) mass is 282 g/mol. The van der Waals surface area contributed by atoms with Crippen LogP contribution in [-0.4, -0.2) is 11.1 Å². The van der Waals surface area contributed by atoms with Crippen molar-refractivity contribution in [2.45, 2.75) is 12.2 Å². The fraction of sp³-hybridized carbons (Fsp3) is 0.125. The zero-order valence-electron chi connectivity index (χ0n) is 11.0. The first-order valence-electron chi connectivity index (χ1n) is 6.41. The second-order valence-electron chi connectivity index (χ2n) is 4.60. The van der Waals surface area contributed by atoms with Crippen LogP contribution in [0.25, 0.3) is 0 Å². The molecule has 100 valence electrons. The summed E-state index contributed by atoms with van der Waals surface area (Å²) < 4.78 is 0. The molecule has 1 amide bonds. The van der Waals surface area contributed by atoms with Gasteiger partial charge in [-0.15, -0.1) is 0 Å². The summed E-state index contributed by atoms with van der Waals surface area (Å²) in [6.07, 6.45) is 0. The summed E-state index contributed by atoms with van der Waals surface area (Å²) in [4.78, 5) is 16.6. The first-order valence-corrected chi connectivity index (χ1v) is 7.29. The second-order valence-corrected chi connectivity index (χ2v) is 5.70. The number of nitrogens with zero attached hydrogens (tertiary/aromatic N) is 1. The number of para-hydroxylation sites is 1. The Kier molecular flexibility index (Phi) is 3.56. The standard InChI is InChI=1S/C16H14N2OS/c1-11-7-5-6-10-13(11)17-16-18-15(19)14(20-16)12-8-3-2-4-9-12/h2-10,14H,1H3,(H,17,18,19). The Hall–Kier alpha value is -2.07. The van der Waals surface area contributed by atoms with Crippen LogP contribution in [-0.2, 0) is 4.79 Å². The minimum Gasteiger partial charge on any atom is -0.304 e. The van der Waals surface area contributed by atoms with Gasteiger partial charge in [-0.1, -0.05) is 60.3 Å². The number of benzene rings is 2. The van der Waals surface area contributed by atoms with Gasteiger partial charge in [-0.3, -0.25) is 4.79 Å². The Labute approximate surface area is 122 Å². The van der Waals surface area contributed by atoms with Crippen LogP contribution < -0.4 is 5.32 Å². The lowest BCUT2D eigenvalue weighted by Gasteiger charge is -2.04. The topological polar surface area (TPSA) is 41.5 Å². The average Bonchev–Trinajstić information content (AvgIpc) is 2.83. The third-order valence-corrected chi connectivity index (χ3v) is 4.28. The number of amidine groups is 1. The number of carbonyl (C=O) groups excluding carboxylic acids is 1. The highest BCUT2D eigenvalue weighted by Gasteiger charge is 2.31. The van der Waals surface area contributed by atoms with E-state index < -0.39 is 0 Å². The van der Waals surface area contributed by atoms with Crippen molar-refractivity contribution in [3.63, 3.8) is 0 Å². The van der Waals surface area contributed by atoms with Gasteiger partial charge in [-0.05, 0) is 24.1 Å². The summed E-state index contributed by atoms with van der Waals surface area (Å²) in [6, 6.07) is 17.7. The highest BCUT2D eigenvalue weighted by molar-refractivity contribution is 8.15. The van der Waals surface area contributed by atoms with Crippen molar-refractivity contribution in [1.29, 1.82) is 0 Å². The minimum atomic E-state index is -0.209. The van der Waals surface area contributed by atoms with Crippen LogP contribution in [0, 0.1) is 6.92 Å². The number of aryl methyl sites for hydroxylation is 1. The molecule has 1 fully saturated rings. The van der Waals surface area contributed by atoms with Gasteiger partial charge in [0.1, 0.15) is 5.25 Å². The lowest BCUT2D eigenvalue weighted by Crippen LogP contribution is -2.21. The number of thioether (sulfide) groups is 1. The third-order valence-electron chi connectivity index (χ3n) is 3.14. The van der Waals surface area contributed by atoms with E-state index in [-0.39, 0.29) is 11.2 Å². The fourth-order valence-electron chi connectivity index (χ4n) is 2.07. The first kappa shape index (κ1) is 12.9. The lowest BCUT2D eigenvalue weighted by molar-refractivity contribution is -0.118. The normalized spacial score (nSPS) is 20.1. The molecule has 1 aliphatic heterocycles. The minimum absolute atomic E-state index is 0.00599. The molecule has 1 heterocycles. The molecule has 0 spiro atoms. The molecule has 1 saturated heterocycles. The summed E-state index contributed by atoms with van der Waals surface area (Å²) in [6.45, 7) is 2.01. The summed E-state index contributed by atoms with van der Waals surface area (Å²) in [5.41, 5.74) is 2.99. The van der Waals surface area contributed by atoms with Gasteiger partial charge in [0, 0.05) is 0 Å². The van der Waals surface area contributed by atoms with E-state index in [0.717, 1.165) is 16.8 Å². The van der Waals surface area contributed by atoms with Crippen LogP contribution in [0.4, 0.5) is 5.69 Å². The van der Waals surface area contributed by atoms with Gasteiger partial charge >= 0.3 is 0 Å². The molecule has 0 aliphatic carbocycles. The number of amides is 1. The molecule has 1 unspecified atom stereocenters. The highest BCUT2D eigenvalue weighted by Crippen LogP contribution is 2.35. The number of nitrogens with one attached hydrogen (secondary N) is 1. The van der Waals surface area contributed by atoms with E-state index in [4.69, 9.17) is 0 Å². The van der Waals surface area contributed by atoms with Crippen molar-refractivity contribution < 1.29 is 4.79 Å². The lowest BCUT2D eigenvalue weighted by atomic mass is 10.1. The third kappa shape index (κ3) is 2.60. The van der Waals surface area contributed by atoms with E-state index in [0.29, 0.717) is 5.17 Å². The van der Waals surface area contributed by atoms with E-state index >= 15 is 0 Å². The summed E-state index contributed by atoms with van der Waals surface area (Å²) >= 11 is 1.46. The molecule has 0 radical (unpaired) electrons. The van der Waals surface area contributed by atoms with Gasteiger partial charge in [-0.2, -0.15) is 0 Å². The molecule has 3 nitrogen and oxygen atoms in total. The molecule has 0 aromatic heterocycles. The van der Waals surface area contributed by atoms with Crippen LogP contribution >= 0.6 is 11.8 Å². The molecular formula is C16H14N2OS. The van der Waals surface area contributed by atoms with Gasteiger partial charge in [0.05, 0.1) is 5.69 Å². The van der Waals surface area contributed by atoms with Crippen molar-refractivity contribution in [3.8, 4) is 0 Å². The van der Waals surface area contributed by atoms with Crippen LogP contribution in [0.2, 0.25) is 0 Å². The molecule has 1 atom stereocenters. The maximum absolute atomic E-state index is 12.0. The largest absolute Gasteiger partial charge is 0.304 e. The summed E-state index contributed by atoms with van der Waals surface area (Å²) in [5.74, 6) is -0.00599. The SMILES string of the molecule is Cc1ccccc1N=C1NC(=O)C(c2ccccc2)S1. The smallest absolute Gasteiger partial charge is 0.244 e. The van der Waals surface area contributed by atoms with Gasteiger partial charge in [0.2, 0.25) is 5.91 Å². The van der Waals surface area contributed by atoms with Crippen molar-refractivity contribution in [2.75, 3.05) is 0 Å². The molecule has 20 heavy (non-hydrogen) atoms. The number of aliphatic imine (C=N–C) groups is 1. The fourth-order valence-corrected chi connectivity index (χ4v) is 3.06. The molecule has 0 saturated carbocycles. The summed E-state index contributed by atoms with van der Waals surface area (Å²) in [7, 11) is 0. The number of hydrogen-bond acceptors (Lipinski definition) is 3. The Bertz CT molecular complexity index is 667. The molecule has 0 bridgehead atoms. The molecular weight excluding hydrogens is 268 g/mol. The van der Waals surface area contributed by atoms with Gasteiger partial charge in [-0.25, -0.2) is 4.99 Å². The zero-order chi connectivity index (χ0) is 13.9. The first-order chi connectivity index (χ1) is 9.74. The second kappa shape index (κ2) is 5.51. The van der Waals surface area contributed by atoms with Crippen LogP contribution in [0.15, 0.2) is 59.6 Å². The van der Waals surface area contributed by atoms with E-state index in [2.05, 4.69) is 10.3 Å². The quantitative estimate of drug-likeness (QED) is 0.914. The van der Waals surface area contributed by atoms with Crippen molar-refractivity contribution in [2.24, 2.45) is 4.99 Å². The predicted octanol–water partition coefficient (Wildman–Crippen LogP) is 3.59. The molecule has 2 aromatic rings. The number of rotatable bonds is 2. The zero-order valence-corrected chi connectivity index (χ0v) is 11.9. The van der Waals surface area contributed by atoms with Crippen molar-refractivity contribution >= 4 is 28.5 Å². The van der Waals surface area contributed by atoms with Gasteiger partial charge < -0.3 is 5.32 Å². The maximum atomic E-state index is 12.0. The molecule has 1 aliphatic rings. The van der Waals surface area contributed by atoms with E-state index in [1.165, 1.54) is 11.8 Å². The molecule has 4 heteroatoms. The van der Waals surface area contributed by atoms with Crippen LogP contribution in [0.3, 0.4) is 0 Å². The average molecular weight is 282 g/mol. The van der Waals surface area contributed by atoms with Gasteiger partial charge in [0.15, 0.2) is 5.17 Å². The molecule has 2 aromatic carbocycles. The number of hydrogen-bond donors (Lipinski definition) is 1. The Morgan fingerprint density at radius 2 is 1.75 bits per heavy atom. The Morgan fingerprint density at radius 3 is 2.50 bits per heavy atom. The maximum Gasteiger partial charge on any atom is 0.244 e.